The van der Waals surface area contributed by atoms with Crippen LogP contribution >= 0.6 is 11.6 Å². The Morgan fingerprint density at radius 2 is 1.78 bits per heavy atom. The van der Waals surface area contributed by atoms with Crippen molar-refractivity contribution in [3.05, 3.63) is 86.8 Å². The van der Waals surface area contributed by atoms with E-state index in [1.54, 1.807) is 28.2 Å². The highest BCUT2D eigenvalue weighted by atomic mass is 35.5. The van der Waals surface area contributed by atoms with Gasteiger partial charge in [0, 0.05) is 25.8 Å². The normalized spacial score (nSPS) is 17.1. The van der Waals surface area contributed by atoms with Crippen LogP contribution in [0, 0.1) is 12.8 Å². The van der Waals surface area contributed by atoms with E-state index >= 15 is 0 Å². The first kappa shape index (κ1) is 28.4. The first-order valence-electron chi connectivity index (χ1n) is 13.3. The SMILES string of the molecule is CNC(=O)c1ccc(-n2c(=O)n(CC3CCC(NC(=O)c4cc(Cl)cnc4C(F)F)CC3)c3ccccc32)c(C)n1. The van der Waals surface area contributed by atoms with Gasteiger partial charge in [0.05, 0.1) is 33.0 Å². The van der Waals surface area contributed by atoms with Crippen molar-refractivity contribution in [2.45, 2.75) is 51.6 Å². The molecule has 3 heterocycles. The summed E-state index contributed by atoms with van der Waals surface area (Å²) >= 11 is 5.90. The van der Waals surface area contributed by atoms with Crippen LogP contribution in [0.15, 0.2) is 53.5 Å². The topological polar surface area (TPSA) is 111 Å². The summed E-state index contributed by atoms with van der Waals surface area (Å²) in [6.07, 6.45) is 0.985. The number of nitrogens with zero attached hydrogens (tertiary/aromatic N) is 4. The lowest BCUT2D eigenvalue weighted by molar-refractivity contribution is 0.0903. The molecule has 1 fully saturated rings. The second-order valence-corrected chi connectivity index (χ2v) is 10.6. The van der Waals surface area contributed by atoms with Crippen LogP contribution in [-0.2, 0) is 6.54 Å². The molecule has 1 aliphatic rings. The van der Waals surface area contributed by atoms with Crippen LogP contribution in [0.1, 0.15) is 64.3 Å². The van der Waals surface area contributed by atoms with E-state index < -0.39 is 18.0 Å². The third kappa shape index (κ3) is 5.72. The summed E-state index contributed by atoms with van der Waals surface area (Å²) in [4.78, 5) is 46.6. The largest absolute Gasteiger partial charge is 0.354 e. The van der Waals surface area contributed by atoms with Crippen molar-refractivity contribution in [2.24, 2.45) is 5.92 Å². The molecule has 2 N–H and O–H groups in total. The lowest BCUT2D eigenvalue weighted by Gasteiger charge is -2.29. The van der Waals surface area contributed by atoms with Crippen LogP contribution < -0.4 is 16.3 Å². The molecule has 12 heteroatoms. The van der Waals surface area contributed by atoms with Gasteiger partial charge >= 0.3 is 5.69 Å². The molecule has 9 nitrogen and oxygen atoms in total. The number of carbonyl (C=O) groups excluding carboxylic acids is 2. The van der Waals surface area contributed by atoms with Crippen LogP contribution in [0.4, 0.5) is 8.78 Å². The number of para-hydroxylation sites is 2. The predicted molar refractivity (Wildman–Crippen MR) is 151 cm³/mol. The number of halogens is 3. The molecular weight excluding hydrogens is 554 g/mol. The fourth-order valence-corrected chi connectivity index (χ4v) is 5.64. The van der Waals surface area contributed by atoms with Gasteiger partial charge in [-0.05, 0) is 68.9 Å². The lowest BCUT2D eigenvalue weighted by Crippen LogP contribution is -2.39. The number of aromatic nitrogens is 4. The molecule has 3 aromatic heterocycles. The monoisotopic (exact) mass is 582 g/mol. The summed E-state index contributed by atoms with van der Waals surface area (Å²) in [6.45, 7) is 2.25. The fourth-order valence-electron chi connectivity index (χ4n) is 5.48. The Labute approximate surface area is 239 Å². The quantitative estimate of drug-likeness (QED) is 0.324. The molecule has 41 heavy (non-hydrogen) atoms. The van der Waals surface area contributed by atoms with Crippen molar-refractivity contribution in [1.82, 2.24) is 29.7 Å². The first-order valence-corrected chi connectivity index (χ1v) is 13.7. The molecule has 214 valence electrons. The molecule has 0 radical (unpaired) electrons. The molecule has 5 rings (SSSR count). The average Bonchev–Trinajstić information content (AvgIpc) is 3.24. The highest BCUT2D eigenvalue weighted by molar-refractivity contribution is 6.30. The Hall–Kier alpha value is -4.12. The minimum absolute atomic E-state index is 0.112. The van der Waals surface area contributed by atoms with Crippen LogP contribution in [0.3, 0.4) is 0 Å². The van der Waals surface area contributed by atoms with Crippen LogP contribution in [0.25, 0.3) is 16.7 Å². The molecule has 1 aromatic carbocycles. The highest BCUT2D eigenvalue weighted by Gasteiger charge is 2.27. The first-order chi connectivity index (χ1) is 19.7. The summed E-state index contributed by atoms with van der Waals surface area (Å²) in [6, 6.07) is 11.9. The van der Waals surface area contributed by atoms with Gasteiger partial charge in [0.2, 0.25) is 0 Å². The summed E-state index contributed by atoms with van der Waals surface area (Å²) in [5.41, 5.74) is 1.93. The number of alkyl halides is 2. The number of carbonyl (C=O) groups is 2. The number of benzene rings is 1. The van der Waals surface area contributed by atoms with E-state index in [9.17, 15) is 23.2 Å². The zero-order chi connectivity index (χ0) is 29.3. The van der Waals surface area contributed by atoms with E-state index in [1.165, 1.54) is 13.1 Å². The summed E-state index contributed by atoms with van der Waals surface area (Å²) in [7, 11) is 1.53. The van der Waals surface area contributed by atoms with Crippen LogP contribution in [0.2, 0.25) is 5.02 Å². The smallest absolute Gasteiger partial charge is 0.333 e. The number of amides is 2. The molecule has 0 spiro atoms. The number of hydrogen-bond donors (Lipinski definition) is 2. The average molecular weight is 583 g/mol. The minimum atomic E-state index is -2.89. The zero-order valence-electron chi connectivity index (χ0n) is 22.5. The van der Waals surface area contributed by atoms with Gasteiger partial charge in [-0.15, -0.1) is 0 Å². The standard InChI is InChI=1S/C29H29ClF2N6O3/c1-16-22(12-11-21(35-16)28(40)33-2)38-24-6-4-3-5-23(24)37(29(38)41)15-17-7-9-19(10-8-17)36-27(39)20-13-18(30)14-34-25(20)26(31)32/h3-6,11-14,17,19,26H,7-10,15H2,1-2H3,(H,33,40)(H,36,39). The molecule has 0 saturated heterocycles. The van der Waals surface area contributed by atoms with E-state index in [0.29, 0.717) is 30.8 Å². The molecule has 0 atom stereocenters. The summed E-state index contributed by atoms with van der Waals surface area (Å²) in [5.74, 6) is -0.746. The van der Waals surface area contributed by atoms with Gasteiger partial charge in [-0.3, -0.25) is 23.7 Å². The number of aryl methyl sites for hydroxylation is 1. The molecule has 1 saturated carbocycles. The van der Waals surface area contributed by atoms with Gasteiger partial charge in [0.15, 0.2) is 0 Å². The number of hydrogen-bond acceptors (Lipinski definition) is 5. The Bertz CT molecular complexity index is 1680. The van der Waals surface area contributed by atoms with Gasteiger partial charge in [0.1, 0.15) is 11.4 Å². The van der Waals surface area contributed by atoms with E-state index in [4.69, 9.17) is 11.6 Å². The molecule has 4 aromatic rings. The Morgan fingerprint density at radius 1 is 1.07 bits per heavy atom. The molecule has 1 aliphatic carbocycles. The molecule has 2 amide bonds. The Kier molecular flexibility index (Phi) is 8.16. The van der Waals surface area contributed by atoms with E-state index in [0.717, 1.165) is 30.1 Å². The number of rotatable bonds is 7. The molecule has 0 unspecified atom stereocenters. The maximum absolute atomic E-state index is 13.8. The third-order valence-electron chi connectivity index (χ3n) is 7.55. The maximum Gasteiger partial charge on any atom is 0.333 e. The van der Waals surface area contributed by atoms with Crippen molar-refractivity contribution in [3.8, 4) is 5.69 Å². The zero-order valence-corrected chi connectivity index (χ0v) is 23.3. The predicted octanol–water partition coefficient (Wildman–Crippen LogP) is 4.83. The lowest BCUT2D eigenvalue weighted by atomic mass is 9.85. The Balaban J connectivity index is 1.33. The summed E-state index contributed by atoms with van der Waals surface area (Å²) in [5, 5.41) is 5.52. The second-order valence-electron chi connectivity index (χ2n) is 10.2. The number of imidazole rings is 1. The van der Waals surface area contributed by atoms with Crippen molar-refractivity contribution in [2.75, 3.05) is 7.05 Å². The Morgan fingerprint density at radius 3 is 2.44 bits per heavy atom. The number of pyridine rings is 2. The fraction of sp³-hybridized carbons (Fsp3) is 0.345. The summed E-state index contributed by atoms with van der Waals surface area (Å²) < 4.78 is 30.1. The molecular formula is C29H29ClF2N6O3. The van der Waals surface area contributed by atoms with Crippen molar-refractivity contribution >= 4 is 34.4 Å². The van der Waals surface area contributed by atoms with E-state index in [-0.39, 0.29) is 39.8 Å². The second kappa shape index (κ2) is 11.8. The number of nitrogens with one attached hydrogen (secondary N) is 2. The van der Waals surface area contributed by atoms with Crippen molar-refractivity contribution < 1.29 is 18.4 Å². The van der Waals surface area contributed by atoms with Gasteiger partial charge < -0.3 is 10.6 Å². The minimum Gasteiger partial charge on any atom is -0.354 e. The van der Waals surface area contributed by atoms with Crippen LogP contribution in [-0.4, -0.2) is 44.0 Å². The molecule has 0 bridgehead atoms. The van der Waals surface area contributed by atoms with Gasteiger partial charge in [0.25, 0.3) is 18.2 Å². The number of fused-ring (bicyclic) bond motifs is 1. The van der Waals surface area contributed by atoms with Gasteiger partial charge in [-0.2, -0.15) is 0 Å². The van der Waals surface area contributed by atoms with Crippen molar-refractivity contribution in [1.29, 1.82) is 0 Å². The van der Waals surface area contributed by atoms with Gasteiger partial charge in [-0.1, -0.05) is 23.7 Å². The highest BCUT2D eigenvalue weighted by Crippen LogP contribution is 2.29. The van der Waals surface area contributed by atoms with E-state index in [2.05, 4.69) is 20.6 Å². The van der Waals surface area contributed by atoms with Crippen molar-refractivity contribution in [3.63, 3.8) is 0 Å². The maximum atomic E-state index is 13.8. The van der Waals surface area contributed by atoms with E-state index in [1.807, 2.05) is 24.3 Å². The molecule has 0 aliphatic heterocycles. The van der Waals surface area contributed by atoms with Gasteiger partial charge in [-0.25, -0.2) is 18.6 Å². The van der Waals surface area contributed by atoms with Crippen LogP contribution in [0.5, 0.6) is 0 Å². The third-order valence-corrected chi connectivity index (χ3v) is 7.76.